The average molecular weight is 417 g/mol. The van der Waals surface area contributed by atoms with Crippen LogP contribution in [0.1, 0.15) is 10.4 Å². The van der Waals surface area contributed by atoms with Crippen LogP contribution in [-0.4, -0.2) is 46.8 Å². The average Bonchev–Trinajstić information content (AvgIpc) is 3.09. The lowest BCUT2D eigenvalue weighted by Gasteiger charge is -2.36. The molecule has 150 valence electrons. The molecule has 3 aromatic rings. The summed E-state index contributed by atoms with van der Waals surface area (Å²) < 4.78 is 29.0. The molecule has 0 saturated carbocycles. The number of halogens is 3. The second-order valence-corrected chi connectivity index (χ2v) is 7.38. The van der Waals surface area contributed by atoms with E-state index < -0.39 is 11.6 Å². The van der Waals surface area contributed by atoms with Crippen LogP contribution in [0, 0.1) is 11.6 Å². The molecule has 0 radical (unpaired) electrons. The lowest BCUT2D eigenvalue weighted by Crippen LogP contribution is -2.48. The van der Waals surface area contributed by atoms with Gasteiger partial charge in [0.1, 0.15) is 17.3 Å². The van der Waals surface area contributed by atoms with Gasteiger partial charge < -0.3 is 9.80 Å². The van der Waals surface area contributed by atoms with Crippen molar-refractivity contribution < 1.29 is 13.6 Å². The Morgan fingerprint density at radius 2 is 1.83 bits per heavy atom. The molecule has 1 fully saturated rings. The molecule has 1 aliphatic heterocycles. The van der Waals surface area contributed by atoms with E-state index in [1.54, 1.807) is 18.1 Å². The third kappa shape index (κ3) is 3.96. The number of carbonyl (C=O) groups excluding carboxylic acids is 1. The van der Waals surface area contributed by atoms with Gasteiger partial charge in [-0.05, 0) is 30.3 Å². The predicted octanol–water partition coefficient (Wildman–Crippen LogP) is 3.98. The van der Waals surface area contributed by atoms with Crippen LogP contribution >= 0.6 is 11.6 Å². The van der Waals surface area contributed by atoms with E-state index in [2.05, 4.69) is 10.00 Å². The van der Waals surface area contributed by atoms with Gasteiger partial charge in [0.2, 0.25) is 0 Å². The Morgan fingerprint density at radius 3 is 2.52 bits per heavy atom. The van der Waals surface area contributed by atoms with Crippen LogP contribution in [0.4, 0.5) is 14.5 Å². The lowest BCUT2D eigenvalue weighted by molar-refractivity contribution is 0.0747. The van der Waals surface area contributed by atoms with Gasteiger partial charge >= 0.3 is 0 Å². The number of aromatic nitrogens is 2. The molecule has 1 saturated heterocycles. The van der Waals surface area contributed by atoms with Crippen molar-refractivity contribution in [3.05, 3.63) is 70.9 Å². The second-order valence-electron chi connectivity index (χ2n) is 6.95. The molecule has 0 aliphatic carbocycles. The van der Waals surface area contributed by atoms with Crippen LogP contribution < -0.4 is 4.90 Å². The quantitative estimate of drug-likeness (QED) is 0.648. The number of hydrogen-bond donors (Lipinski definition) is 0. The number of benzene rings is 2. The second kappa shape index (κ2) is 7.83. The first kappa shape index (κ1) is 19.4. The molecule has 2 aromatic carbocycles. The Balaban J connectivity index is 1.54. The fourth-order valence-electron chi connectivity index (χ4n) is 3.54. The summed E-state index contributed by atoms with van der Waals surface area (Å²) in [5.74, 6) is -1.64. The Bertz CT molecular complexity index is 1060. The molecule has 4 rings (SSSR count). The SMILES string of the molecule is Cn1cc(C(=O)N2CCN(c3cccc(Cl)c3)CC2)c(-c2ccc(F)cc2F)n1. The minimum absolute atomic E-state index is 0.105. The highest BCUT2D eigenvalue weighted by Crippen LogP contribution is 2.27. The minimum atomic E-state index is -0.747. The lowest BCUT2D eigenvalue weighted by atomic mass is 10.1. The van der Waals surface area contributed by atoms with E-state index in [4.69, 9.17) is 11.6 Å². The Labute approximate surface area is 172 Å². The third-order valence-corrected chi connectivity index (χ3v) is 5.22. The molecule has 0 bridgehead atoms. The molecule has 8 heteroatoms. The molecule has 29 heavy (non-hydrogen) atoms. The standard InChI is InChI=1S/C21H19ClF2N4O/c1-26-13-18(20(25-26)17-6-5-15(23)12-19(17)24)21(29)28-9-7-27(8-10-28)16-4-2-3-14(22)11-16/h2-6,11-13H,7-10H2,1H3. The summed E-state index contributed by atoms with van der Waals surface area (Å²) in [5, 5.41) is 4.91. The minimum Gasteiger partial charge on any atom is -0.368 e. The number of carbonyl (C=O) groups is 1. The Morgan fingerprint density at radius 1 is 1.07 bits per heavy atom. The number of nitrogens with zero attached hydrogens (tertiary/aromatic N) is 4. The van der Waals surface area contributed by atoms with Gasteiger partial charge in [-0.1, -0.05) is 17.7 Å². The molecule has 1 aromatic heterocycles. The van der Waals surface area contributed by atoms with Gasteiger partial charge in [-0.2, -0.15) is 5.10 Å². The van der Waals surface area contributed by atoms with Crippen molar-refractivity contribution in [3.63, 3.8) is 0 Å². The number of hydrogen-bond acceptors (Lipinski definition) is 3. The van der Waals surface area contributed by atoms with Crippen molar-refractivity contribution in [1.82, 2.24) is 14.7 Å². The molecule has 1 aliphatic rings. The van der Waals surface area contributed by atoms with Gasteiger partial charge in [0.15, 0.2) is 0 Å². The first-order valence-electron chi connectivity index (χ1n) is 9.21. The number of aryl methyl sites for hydroxylation is 1. The van der Waals surface area contributed by atoms with Crippen LogP contribution in [0.5, 0.6) is 0 Å². The normalized spacial score (nSPS) is 14.3. The third-order valence-electron chi connectivity index (χ3n) is 4.99. The zero-order valence-corrected chi connectivity index (χ0v) is 16.5. The fourth-order valence-corrected chi connectivity index (χ4v) is 3.72. The Kier molecular flexibility index (Phi) is 5.24. The van der Waals surface area contributed by atoms with Crippen molar-refractivity contribution in [3.8, 4) is 11.3 Å². The zero-order valence-electron chi connectivity index (χ0n) is 15.8. The highest BCUT2D eigenvalue weighted by atomic mass is 35.5. The van der Waals surface area contributed by atoms with E-state index in [1.807, 2.05) is 24.3 Å². The van der Waals surface area contributed by atoms with Gasteiger partial charge in [0.25, 0.3) is 5.91 Å². The number of piperazine rings is 1. The smallest absolute Gasteiger partial charge is 0.257 e. The molecule has 0 atom stereocenters. The van der Waals surface area contributed by atoms with E-state index in [0.29, 0.717) is 36.8 Å². The fraction of sp³-hybridized carbons (Fsp3) is 0.238. The monoisotopic (exact) mass is 416 g/mol. The topological polar surface area (TPSA) is 41.4 Å². The maximum Gasteiger partial charge on any atom is 0.257 e. The maximum atomic E-state index is 14.3. The first-order chi connectivity index (χ1) is 13.9. The van der Waals surface area contributed by atoms with Crippen molar-refractivity contribution in [2.45, 2.75) is 0 Å². The molecule has 0 N–H and O–H groups in total. The highest BCUT2D eigenvalue weighted by Gasteiger charge is 2.27. The van der Waals surface area contributed by atoms with E-state index in [1.165, 1.54) is 10.7 Å². The summed E-state index contributed by atoms with van der Waals surface area (Å²) >= 11 is 6.07. The summed E-state index contributed by atoms with van der Waals surface area (Å²) in [6.07, 6.45) is 1.57. The van der Waals surface area contributed by atoms with Crippen LogP contribution in [0.25, 0.3) is 11.3 Å². The zero-order chi connectivity index (χ0) is 20.5. The van der Waals surface area contributed by atoms with E-state index in [0.717, 1.165) is 17.8 Å². The van der Waals surface area contributed by atoms with Crippen LogP contribution in [0.3, 0.4) is 0 Å². The van der Waals surface area contributed by atoms with E-state index >= 15 is 0 Å². The summed E-state index contributed by atoms with van der Waals surface area (Å²) in [7, 11) is 1.67. The number of amides is 1. The molecular formula is C21H19ClF2N4O. The van der Waals surface area contributed by atoms with Crippen molar-refractivity contribution in [2.75, 3.05) is 31.1 Å². The molecule has 0 spiro atoms. The van der Waals surface area contributed by atoms with E-state index in [-0.39, 0.29) is 17.2 Å². The molecular weight excluding hydrogens is 398 g/mol. The summed E-state index contributed by atoms with van der Waals surface area (Å²) in [6, 6.07) is 10.9. The van der Waals surface area contributed by atoms with Crippen molar-refractivity contribution >= 4 is 23.2 Å². The van der Waals surface area contributed by atoms with Gasteiger partial charge in [-0.25, -0.2) is 8.78 Å². The number of anilines is 1. The molecule has 0 unspecified atom stereocenters. The van der Waals surface area contributed by atoms with Gasteiger partial charge in [-0.15, -0.1) is 0 Å². The van der Waals surface area contributed by atoms with Gasteiger partial charge in [0.05, 0.1) is 5.56 Å². The summed E-state index contributed by atoms with van der Waals surface area (Å²) in [6.45, 7) is 2.36. The predicted molar refractivity (Wildman–Crippen MR) is 108 cm³/mol. The van der Waals surface area contributed by atoms with Crippen LogP contribution in [0.2, 0.25) is 5.02 Å². The van der Waals surface area contributed by atoms with Gasteiger partial charge in [-0.3, -0.25) is 9.48 Å². The Hall–Kier alpha value is -2.93. The van der Waals surface area contributed by atoms with E-state index in [9.17, 15) is 13.6 Å². The van der Waals surface area contributed by atoms with Crippen LogP contribution in [0.15, 0.2) is 48.7 Å². The molecule has 5 nitrogen and oxygen atoms in total. The molecule has 1 amide bonds. The first-order valence-corrected chi connectivity index (χ1v) is 9.59. The highest BCUT2D eigenvalue weighted by molar-refractivity contribution is 6.30. The number of rotatable bonds is 3. The van der Waals surface area contributed by atoms with Crippen molar-refractivity contribution in [2.24, 2.45) is 7.05 Å². The maximum absolute atomic E-state index is 14.3. The molecule has 2 heterocycles. The summed E-state index contributed by atoms with van der Waals surface area (Å²) in [5.41, 5.74) is 1.63. The van der Waals surface area contributed by atoms with Crippen LogP contribution in [-0.2, 0) is 7.05 Å². The van der Waals surface area contributed by atoms with Gasteiger partial charge in [0, 0.05) is 61.8 Å². The summed E-state index contributed by atoms with van der Waals surface area (Å²) in [4.78, 5) is 17.0. The van der Waals surface area contributed by atoms with Crippen molar-refractivity contribution in [1.29, 1.82) is 0 Å². The largest absolute Gasteiger partial charge is 0.368 e.